The molecule has 0 unspecified atom stereocenters. The number of rotatable bonds is 8. The molecule has 0 atom stereocenters. The van der Waals surface area contributed by atoms with Crippen molar-refractivity contribution >= 4 is 5.97 Å². The first-order valence-electron chi connectivity index (χ1n) is 7.52. The van der Waals surface area contributed by atoms with Crippen LogP contribution in [0, 0.1) is 11.8 Å². The lowest BCUT2D eigenvalue weighted by molar-refractivity contribution is -0.137. The molecule has 0 saturated heterocycles. The topological polar surface area (TPSA) is 37.3 Å². The summed E-state index contributed by atoms with van der Waals surface area (Å²) in [6.45, 7) is 2.18. The predicted octanol–water partition coefficient (Wildman–Crippen LogP) is 4.42. The third kappa shape index (κ3) is 7.63. The fourth-order valence-electron chi connectivity index (χ4n) is 2.05. The van der Waals surface area contributed by atoms with E-state index in [1.165, 1.54) is 12.0 Å². The number of carboxylic acid groups (broad SMARTS) is 1. The highest BCUT2D eigenvalue weighted by molar-refractivity contribution is 5.66. The smallest absolute Gasteiger partial charge is 0.303 e. The summed E-state index contributed by atoms with van der Waals surface area (Å²) in [5.74, 6) is 5.67. The highest BCUT2D eigenvalue weighted by atomic mass is 16.4. The standard InChI is InChI=1S/C18H24O2/c1-2-9-16-12-14-17(15-13-16)10-7-5-3-4-6-8-11-18(19)20/h12-15H,2-6,8-9,11H2,1H3,(H,19,20). The van der Waals surface area contributed by atoms with Gasteiger partial charge in [-0.2, -0.15) is 0 Å². The van der Waals surface area contributed by atoms with Crippen molar-refractivity contribution in [3.63, 3.8) is 0 Å². The van der Waals surface area contributed by atoms with Crippen molar-refractivity contribution in [3.8, 4) is 11.8 Å². The number of hydrogen-bond acceptors (Lipinski definition) is 1. The van der Waals surface area contributed by atoms with Gasteiger partial charge in [0.05, 0.1) is 0 Å². The Morgan fingerprint density at radius 2 is 1.80 bits per heavy atom. The first-order chi connectivity index (χ1) is 9.72. The van der Waals surface area contributed by atoms with Crippen molar-refractivity contribution in [2.24, 2.45) is 0 Å². The summed E-state index contributed by atoms with van der Waals surface area (Å²) in [6.07, 6.45) is 7.37. The highest BCUT2D eigenvalue weighted by Gasteiger charge is 1.95. The van der Waals surface area contributed by atoms with Crippen LogP contribution in [0.15, 0.2) is 24.3 Å². The predicted molar refractivity (Wildman–Crippen MR) is 82.7 cm³/mol. The van der Waals surface area contributed by atoms with Crippen molar-refractivity contribution in [3.05, 3.63) is 35.4 Å². The van der Waals surface area contributed by atoms with Crippen LogP contribution in [0.5, 0.6) is 0 Å². The number of aliphatic carboxylic acids is 1. The van der Waals surface area contributed by atoms with Crippen molar-refractivity contribution in [2.75, 3.05) is 0 Å². The largest absolute Gasteiger partial charge is 0.481 e. The van der Waals surface area contributed by atoms with Crippen LogP contribution >= 0.6 is 0 Å². The minimum absolute atomic E-state index is 0.287. The molecule has 2 nitrogen and oxygen atoms in total. The van der Waals surface area contributed by atoms with Crippen LogP contribution in [0.3, 0.4) is 0 Å². The first kappa shape index (κ1) is 16.3. The van der Waals surface area contributed by atoms with Crippen LogP contribution in [0.4, 0.5) is 0 Å². The molecule has 1 aromatic carbocycles. The second-order valence-electron chi connectivity index (χ2n) is 5.06. The van der Waals surface area contributed by atoms with Crippen molar-refractivity contribution in [2.45, 2.75) is 58.3 Å². The average Bonchev–Trinajstić information content (AvgIpc) is 2.43. The van der Waals surface area contributed by atoms with Gasteiger partial charge in [0.1, 0.15) is 0 Å². The third-order valence-electron chi connectivity index (χ3n) is 3.17. The number of benzene rings is 1. The van der Waals surface area contributed by atoms with Gasteiger partial charge in [-0.1, -0.05) is 50.2 Å². The molecule has 20 heavy (non-hydrogen) atoms. The number of unbranched alkanes of at least 4 members (excludes halogenated alkanes) is 4. The molecule has 0 saturated carbocycles. The van der Waals surface area contributed by atoms with E-state index in [1.54, 1.807) is 0 Å². The maximum Gasteiger partial charge on any atom is 0.303 e. The van der Waals surface area contributed by atoms with Crippen LogP contribution in [0.25, 0.3) is 0 Å². The molecule has 108 valence electrons. The van der Waals surface area contributed by atoms with Gasteiger partial charge >= 0.3 is 5.97 Å². The summed E-state index contributed by atoms with van der Waals surface area (Å²) in [4.78, 5) is 10.3. The Morgan fingerprint density at radius 3 is 2.45 bits per heavy atom. The molecule has 0 aromatic heterocycles. The molecule has 0 amide bonds. The van der Waals surface area contributed by atoms with Gasteiger partial charge in [0.15, 0.2) is 0 Å². The summed E-state index contributed by atoms with van der Waals surface area (Å²) in [7, 11) is 0. The van der Waals surface area contributed by atoms with Gasteiger partial charge in [0.25, 0.3) is 0 Å². The molecule has 0 spiro atoms. The zero-order valence-electron chi connectivity index (χ0n) is 12.3. The molecule has 0 radical (unpaired) electrons. The third-order valence-corrected chi connectivity index (χ3v) is 3.17. The number of carbonyl (C=O) groups is 1. The second-order valence-corrected chi connectivity index (χ2v) is 5.06. The van der Waals surface area contributed by atoms with E-state index in [9.17, 15) is 4.79 Å². The van der Waals surface area contributed by atoms with Crippen LogP contribution in [-0.4, -0.2) is 11.1 Å². The van der Waals surface area contributed by atoms with Crippen molar-refractivity contribution in [1.29, 1.82) is 0 Å². The van der Waals surface area contributed by atoms with Gasteiger partial charge in [0, 0.05) is 18.4 Å². The maximum absolute atomic E-state index is 10.3. The maximum atomic E-state index is 10.3. The Morgan fingerprint density at radius 1 is 1.10 bits per heavy atom. The quantitative estimate of drug-likeness (QED) is 0.562. The Labute approximate surface area is 122 Å². The molecule has 0 aliphatic heterocycles. The van der Waals surface area contributed by atoms with E-state index >= 15 is 0 Å². The molecule has 2 heteroatoms. The summed E-state index contributed by atoms with van der Waals surface area (Å²) in [5, 5.41) is 8.51. The molecule has 0 fully saturated rings. The monoisotopic (exact) mass is 272 g/mol. The van der Waals surface area contributed by atoms with Gasteiger partial charge in [-0.25, -0.2) is 0 Å². The minimum Gasteiger partial charge on any atom is -0.481 e. The summed E-state index contributed by atoms with van der Waals surface area (Å²) < 4.78 is 0. The van der Waals surface area contributed by atoms with Crippen LogP contribution in [0.1, 0.15) is 63.0 Å². The van der Waals surface area contributed by atoms with Crippen LogP contribution in [0.2, 0.25) is 0 Å². The molecule has 0 bridgehead atoms. The lowest BCUT2D eigenvalue weighted by atomic mass is 10.1. The van der Waals surface area contributed by atoms with Gasteiger partial charge in [-0.3, -0.25) is 4.79 Å². The van der Waals surface area contributed by atoms with E-state index < -0.39 is 5.97 Å². The van der Waals surface area contributed by atoms with E-state index in [1.807, 2.05) is 0 Å². The van der Waals surface area contributed by atoms with Gasteiger partial charge < -0.3 is 5.11 Å². The van der Waals surface area contributed by atoms with Crippen LogP contribution in [-0.2, 0) is 11.2 Å². The van der Waals surface area contributed by atoms with Crippen molar-refractivity contribution < 1.29 is 9.90 Å². The second kappa shape index (κ2) is 10.1. The molecular formula is C18H24O2. The number of carboxylic acids is 1. The van der Waals surface area contributed by atoms with Crippen LogP contribution < -0.4 is 0 Å². The molecule has 1 N–H and O–H groups in total. The van der Waals surface area contributed by atoms with Gasteiger partial charge in [0.2, 0.25) is 0 Å². The Balaban J connectivity index is 2.17. The lowest BCUT2D eigenvalue weighted by Crippen LogP contribution is -1.93. The first-order valence-corrected chi connectivity index (χ1v) is 7.52. The summed E-state index contributed by atoms with van der Waals surface area (Å²) >= 11 is 0. The highest BCUT2D eigenvalue weighted by Crippen LogP contribution is 2.07. The number of hydrogen-bond donors (Lipinski definition) is 1. The van der Waals surface area contributed by atoms with E-state index in [4.69, 9.17) is 5.11 Å². The minimum atomic E-state index is -0.698. The molecule has 1 rings (SSSR count). The molecule has 1 aromatic rings. The lowest BCUT2D eigenvalue weighted by Gasteiger charge is -1.98. The van der Waals surface area contributed by atoms with E-state index in [0.29, 0.717) is 0 Å². The average molecular weight is 272 g/mol. The van der Waals surface area contributed by atoms with E-state index in [0.717, 1.165) is 44.1 Å². The molecule has 0 aliphatic carbocycles. The Hall–Kier alpha value is -1.75. The Bertz CT molecular complexity index is 449. The summed E-state index contributed by atoms with van der Waals surface area (Å²) in [5.41, 5.74) is 2.45. The SMILES string of the molecule is CCCc1ccc(C#CCCCCCCC(=O)O)cc1. The Kier molecular flexibility index (Phi) is 8.22. The number of aryl methyl sites for hydroxylation is 1. The van der Waals surface area contributed by atoms with Gasteiger partial charge in [-0.15, -0.1) is 0 Å². The van der Waals surface area contributed by atoms with E-state index in [-0.39, 0.29) is 6.42 Å². The fourth-order valence-corrected chi connectivity index (χ4v) is 2.05. The molecule has 0 aliphatic rings. The van der Waals surface area contributed by atoms with Gasteiger partial charge in [-0.05, 0) is 37.0 Å². The van der Waals surface area contributed by atoms with Crippen molar-refractivity contribution in [1.82, 2.24) is 0 Å². The summed E-state index contributed by atoms with van der Waals surface area (Å²) in [6, 6.07) is 8.48. The zero-order valence-corrected chi connectivity index (χ0v) is 12.3. The molecular weight excluding hydrogens is 248 g/mol. The zero-order chi connectivity index (χ0) is 14.6. The molecule has 0 heterocycles. The fraction of sp³-hybridized carbons (Fsp3) is 0.500. The normalized spacial score (nSPS) is 9.85. The van der Waals surface area contributed by atoms with E-state index in [2.05, 4.69) is 43.0 Å².